The van der Waals surface area contributed by atoms with Crippen molar-refractivity contribution in [2.24, 2.45) is 0 Å². The molecule has 1 atom stereocenters. The predicted octanol–water partition coefficient (Wildman–Crippen LogP) is -0.150. The molecule has 0 aliphatic rings. The van der Waals surface area contributed by atoms with Gasteiger partial charge in [-0.2, -0.15) is 5.26 Å². The Balaban J connectivity index is 3.30. The lowest BCUT2D eigenvalue weighted by Crippen LogP contribution is -1.75. The fourth-order valence-electron chi connectivity index (χ4n) is 0.0527. The van der Waals surface area contributed by atoms with Gasteiger partial charge in [-0.1, -0.05) is 6.08 Å². The van der Waals surface area contributed by atoms with Gasteiger partial charge in [0.15, 0.2) is 0 Å². The molecule has 0 aromatic rings. The second-order valence-electron chi connectivity index (χ2n) is 1.15. The summed E-state index contributed by atoms with van der Waals surface area (Å²) in [5.74, 6) is 0. The molecular formula is C4H7NSi. The van der Waals surface area contributed by atoms with E-state index in [1.807, 2.05) is 0 Å². The van der Waals surface area contributed by atoms with Gasteiger partial charge in [0, 0.05) is 15.8 Å². The summed E-state index contributed by atoms with van der Waals surface area (Å²) in [6.45, 7) is 3.44. The third-order valence-electron chi connectivity index (χ3n) is 0.557. The molecule has 2 heteroatoms. The highest BCUT2D eigenvalue weighted by atomic mass is 28.1. The first-order valence-corrected chi connectivity index (χ1v) is 2.99. The standard InChI is InChI=1S/C4H7NSi/c1-2-4(6)3-5/h2,4H,1H2,6H3. The smallest absolute Gasteiger partial charge is 0.0653 e. The SMILES string of the molecule is C=CC([SiH3])C#N. The highest BCUT2D eigenvalue weighted by molar-refractivity contribution is 6.14. The third kappa shape index (κ3) is 1.74. The van der Waals surface area contributed by atoms with Gasteiger partial charge in [0.05, 0.1) is 6.07 Å². The van der Waals surface area contributed by atoms with Crippen LogP contribution >= 0.6 is 0 Å². The van der Waals surface area contributed by atoms with Crippen molar-refractivity contribution in [2.45, 2.75) is 5.54 Å². The maximum atomic E-state index is 8.05. The van der Waals surface area contributed by atoms with E-state index in [1.54, 1.807) is 6.08 Å². The summed E-state index contributed by atoms with van der Waals surface area (Å²) < 4.78 is 0. The summed E-state index contributed by atoms with van der Waals surface area (Å²) in [6.07, 6.45) is 1.67. The number of nitrogens with zero attached hydrogens (tertiary/aromatic N) is 1. The van der Waals surface area contributed by atoms with Crippen LogP contribution in [0.1, 0.15) is 0 Å². The van der Waals surface area contributed by atoms with Crippen molar-refractivity contribution in [3.05, 3.63) is 12.7 Å². The molecule has 0 spiro atoms. The third-order valence-corrected chi connectivity index (χ3v) is 1.29. The second-order valence-corrected chi connectivity index (χ2v) is 2.40. The van der Waals surface area contributed by atoms with Crippen molar-refractivity contribution in [2.75, 3.05) is 0 Å². The zero-order chi connectivity index (χ0) is 4.99. The maximum absolute atomic E-state index is 8.05. The fourth-order valence-corrected chi connectivity index (χ4v) is 0.0527. The van der Waals surface area contributed by atoms with Gasteiger partial charge in [-0.3, -0.25) is 0 Å². The van der Waals surface area contributed by atoms with Gasteiger partial charge in [-0.15, -0.1) is 6.58 Å². The van der Waals surface area contributed by atoms with Crippen molar-refractivity contribution < 1.29 is 0 Å². The largest absolute Gasteiger partial charge is 0.198 e. The molecule has 0 rings (SSSR count). The quantitative estimate of drug-likeness (QED) is 0.330. The van der Waals surface area contributed by atoms with Crippen molar-refractivity contribution in [3.8, 4) is 6.07 Å². The number of allylic oxidation sites excluding steroid dienone is 1. The fraction of sp³-hybridized carbons (Fsp3) is 0.250. The summed E-state index contributed by atoms with van der Waals surface area (Å²) >= 11 is 0. The Labute approximate surface area is 40.7 Å². The van der Waals surface area contributed by atoms with Gasteiger partial charge in [0.25, 0.3) is 0 Å². The molecule has 0 fully saturated rings. The van der Waals surface area contributed by atoms with Crippen LogP contribution in [0, 0.1) is 11.3 Å². The summed E-state index contributed by atoms with van der Waals surface area (Å²) in [5, 5.41) is 8.05. The van der Waals surface area contributed by atoms with Crippen molar-refractivity contribution in [1.29, 1.82) is 5.26 Å². The van der Waals surface area contributed by atoms with E-state index in [0.29, 0.717) is 0 Å². The van der Waals surface area contributed by atoms with Gasteiger partial charge in [-0.25, -0.2) is 0 Å². The lowest BCUT2D eigenvalue weighted by atomic mass is 10.5. The van der Waals surface area contributed by atoms with Gasteiger partial charge in [-0.05, 0) is 0 Å². The maximum Gasteiger partial charge on any atom is 0.0653 e. The molecule has 0 saturated carbocycles. The van der Waals surface area contributed by atoms with Crippen LogP contribution in [0.3, 0.4) is 0 Å². The van der Waals surface area contributed by atoms with Crippen molar-refractivity contribution >= 4 is 10.2 Å². The van der Waals surface area contributed by atoms with E-state index >= 15 is 0 Å². The Kier molecular flexibility index (Phi) is 2.43. The number of hydrogen-bond acceptors (Lipinski definition) is 1. The minimum Gasteiger partial charge on any atom is -0.198 e. The van der Waals surface area contributed by atoms with E-state index in [-0.39, 0.29) is 5.54 Å². The Hall–Kier alpha value is -0.553. The van der Waals surface area contributed by atoms with Crippen LogP contribution in [0.5, 0.6) is 0 Å². The Morgan fingerprint density at radius 3 is 2.50 bits per heavy atom. The van der Waals surface area contributed by atoms with E-state index in [0.717, 1.165) is 10.2 Å². The second kappa shape index (κ2) is 2.67. The van der Waals surface area contributed by atoms with E-state index < -0.39 is 0 Å². The highest BCUT2D eigenvalue weighted by Crippen LogP contribution is 1.91. The van der Waals surface area contributed by atoms with E-state index in [4.69, 9.17) is 5.26 Å². The van der Waals surface area contributed by atoms with Crippen molar-refractivity contribution in [3.63, 3.8) is 0 Å². The lowest BCUT2D eigenvalue weighted by molar-refractivity contribution is 1.35. The molecule has 0 aromatic carbocycles. The van der Waals surface area contributed by atoms with Crippen LogP contribution in [0.4, 0.5) is 0 Å². The van der Waals surface area contributed by atoms with Crippen LogP contribution in [0.15, 0.2) is 12.7 Å². The molecule has 6 heavy (non-hydrogen) atoms. The molecule has 0 N–H and O–H groups in total. The Morgan fingerprint density at radius 1 is 2.00 bits per heavy atom. The van der Waals surface area contributed by atoms with E-state index in [2.05, 4.69) is 12.6 Å². The number of hydrogen-bond donors (Lipinski definition) is 0. The molecule has 0 aliphatic carbocycles. The van der Waals surface area contributed by atoms with Crippen LogP contribution in [-0.4, -0.2) is 10.2 Å². The van der Waals surface area contributed by atoms with Gasteiger partial charge < -0.3 is 0 Å². The molecule has 0 amide bonds. The van der Waals surface area contributed by atoms with Crippen LogP contribution in [-0.2, 0) is 0 Å². The molecule has 0 radical (unpaired) electrons. The van der Waals surface area contributed by atoms with Crippen LogP contribution in [0.2, 0.25) is 5.54 Å². The summed E-state index contributed by atoms with van der Waals surface area (Å²) in [6, 6.07) is 2.06. The first-order chi connectivity index (χ1) is 2.81. The average molecular weight is 97.2 g/mol. The molecular weight excluding hydrogens is 90.1 g/mol. The summed E-state index contributed by atoms with van der Waals surface area (Å²) in [5.41, 5.74) is 0.144. The monoisotopic (exact) mass is 97.0 g/mol. The molecule has 0 bridgehead atoms. The zero-order valence-corrected chi connectivity index (χ0v) is 5.81. The van der Waals surface area contributed by atoms with Gasteiger partial charge in [0.2, 0.25) is 0 Å². The topological polar surface area (TPSA) is 23.8 Å². The van der Waals surface area contributed by atoms with Crippen LogP contribution < -0.4 is 0 Å². The number of rotatable bonds is 1. The normalized spacial score (nSPS) is 12.5. The first-order valence-electron chi connectivity index (χ1n) is 1.83. The van der Waals surface area contributed by atoms with Crippen molar-refractivity contribution in [1.82, 2.24) is 0 Å². The van der Waals surface area contributed by atoms with Gasteiger partial charge in [0.1, 0.15) is 0 Å². The molecule has 1 nitrogen and oxygen atoms in total. The van der Waals surface area contributed by atoms with E-state index in [9.17, 15) is 0 Å². The minimum absolute atomic E-state index is 0.144. The highest BCUT2D eigenvalue weighted by Gasteiger charge is 1.83. The van der Waals surface area contributed by atoms with Crippen LogP contribution in [0.25, 0.3) is 0 Å². The summed E-state index contributed by atoms with van der Waals surface area (Å²) in [4.78, 5) is 0. The predicted molar refractivity (Wildman–Crippen MR) is 29.5 cm³/mol. The Bertz CT molecular complexity index is 82.0. The molecule has 0 saturated heterocycles. The first kappa shape index (κ1) is 5.45. The minimum atomic E-state index is 0.144. The molecule has 1 unspecified atom stereocenters. The van der Waals surface area contributed by atoms with E-state index in [1.165, 1.54) is 0 Å². The Morgan fingerprint density at radius 2 is 2.50 bits per heavy atom. The zero-order valence-electron chi connectivity index (χ0n) is 3.81. The average Bonchev–Trinajstić information content (AvgIpc) is 1.65. The molecule has 0 heterocycles. The molecule has 0 aromatic heterocycles. The lowest BCUT2D eigenvalue weighted by Gasteiger charge is -1.80. The van der Waals surface area contributed by atoms with Gasteiger partial charge >= 0.3 is 0 Å². The molecule has 32 valence electrons. The molecule has 0 aliphatic heterocycles. The summed E-state index contributed by atoms with van der Waals surface area (Å²) in [7, 11) is 0.911. The number of nitriles is 1.